The minimum atomic E-state index is -0.325. The summed E-state index contributed by atoms with van der Waals surface area (Å²) < 4.78 is 13.2. The van der Waals surface area contributed by atoms with E-state index in [4.69, 9.17) is 18.0 Å². The molecule has 0 aromatic heterocycles. The van der Waals surface area contributed by atoms with Gasteiger partial charge in [0.15, 0.2) is 0 Å². The Bertz CT molecular complexity index is 670. The summed E-state index contributed by atoms with van der Waals surface area (Å²) in [7, 11) is 0. The molecular formula is C16H15FN2OS. The standard InChI is InChI=1S/C16H15FN2OS/c1-10(13-3-2-4-14(17)9-13)19-16(20)12-7-5-11(6-8-12)15(18)21/h2-10H,1H3,(H2,18,21)(H,19,20). The number of halogens is 1. The number of nitrogens with one attached hydrogen (secondary N) is 1. The first-order chi connectivity index (χ1) is 9.97. The zero-order valence-electron chi connectivity index (χ0n) is 11.5. The van der Waals surface area contributed by atoms with Crippen LogP contribution in [-0.4, -0.2) is 10.9 Å². The lowest BCUT2D eigenvalue weighted by Gasteiger charge is -2.14. The highest BCUT2D eigenvalue weighted by Crippen LogP contribution is 2.14. The van der Waals surface area contributed by atoms with Crippen LogP contribution in [0.5, 0.6) is 0 Å². The van der Waals surface area contributed by atoms with Gasteiger partial charge in [-0.3, -0.25) is 4.79 Å². The normalized spacial score (nSPS) is 11.7. The van der Waals surface area contributed by atoms with Crippen LogP contribution in [0.15, 0.2) is 48.5 Å². The van der Waals surface area contributed by atoms with Crippen molar-refractivity contribution >= 4 is 23.1 Å². The van der Waals surface area contributed by atoms with Crippen LogP contribution in [0.2, 0.25) is 0 Å². The summed E-state index contributed by atoms with van der Waals surface area (Å²) in [5.74, 6) is -0.560. The topological polar surface area (TPSA) is 55.1 Å². The van der Waals surface area contributed by atoms with E-state index in [0.717, 1.165) is 0 Å². The van der Waals surface area contributed by atoms with E-state index in [9.17, 15) is 9.18 Å². The lowest BCUT2D eigenvalue weighted by Crippen LogP contribution is -2.26. The molecule has 1 atom stereocenters. The van der Waals surface area contributed by atoms with Crippen LogP contribution in [0, 0.1) is 5.82 Å². The first kappa shape index (κ1) is 15.1. The van der Waals surface area contributed by atoms with Crippen LogP contribution in [0.4, 0.5) is 4.39 Å². The van der Waals surface area contributed by atoms with Gasteiger partial charge in [-0.1, -0.05) is 36.5 Å². The highest BCUT2D eigenvalue weighted by atomic mass is 32.1. The van der Waals surface area contributed by atoms with Crippen LogP contribution in [0.1, 0.15) is 34.5 Å². The third-order valence-electron chi connectivity index (χ3n) is 3.13. The fourth-order valence-electron chi connectivity index (χ4n) is 1.93. The molecule has 0 bridgehead atoms. The summed E-state index contributed by atoms with van der Waals surface area (Å²) in [6.07, 6.45) is 0. The van der Waals surface area contributed by atoms with Crippen molar-refractivity contribution in [2.24, 2.45) is 5.73 Å². The number of nitrogens with two attached hydrogens (primary N) is 1. The minimum absolute atomic E-state index is 0.235. The zero-order valence-corrected chi connectivity index (χ0v) is 12.3. The molecule has 0 fully saturated rings. The van der Waals surface area contributed by atoms with Crippen LogP contribution < -0.4 is 11.1 Å². The monoisotopic (exact) mass is 302 g/mol. The van der Waals surface area contributed by atoms with Gasteiger partial charge >= 0.3 is 0 Å². The molecule has 0 aliphatic carbocycles. The lowest BCUT2D eigenvalue weighted by molar-refractivity contribution is 0.0940. The Morgan fingerprint density at radius 2 is 1.81 bits per heavy atom. The zero-order chi connectivity index (χ0) is 15.4. The van der Waals surface area contributed by atoms with Gasteiger partial charge in [0.25, 0.3) is 5.91 Å². The minimum Gasteiger partial charge on any atom is -0.389 e. The summed E-state index contributed by atoms with van der Waals surface area (Å²) >= 11 is 4.86. The van der Waals surface area contributed by atoms with Crippen LogP contribution in [0.3, 0.4) is 0 Å². The SMILES string of the molecule is CC(NC(=O)c1ccc(C(N)=S)cc1)c1cccc(F)c1. The van der Waals surface area contributed by atoms with Gasteiger partial charge in [0, 0.05) is 11.1 Å². The van der Waals surface area contributed by atoms with Gasteiger partial charge in [-0.05, 0) is 36.8 Å². The molecule has 2 aromatic carbocycles. The van der Waals surface area contributed by atoms with Crippen molar-refractivity contribution in [3.05, 3.63) is 71.0 Å². The largest absolute Gasteiger partial charge is 0.389 e. The fourth-order valence-corrected chi connectivity index (χ4v) is 2.06. The lowest BCUT2D eigenvalue weighted by atomic mass is 10.1. The molecular weight excluding hydrogens is 287 g/mol. The molecule has 108 valence electrons. The van der Waals surface area contributed by atoms with E-state index in [1.807, 2.05) is 0 Å². The van der Waals surface area contributed by atoms with Gasteiger partial charge in [-0.2, -0.15) is 0 Å². The molecule has 0 saturated heterocycles. The van der Waals surface area contributed by atoms with Crippen LogP contribution in [-0.2, 0) is 0 Å². The maximum absolute atomic E-state index is 13.2. The Morgan fingerprint density at radius 3 is 2.38 bits per heavy atom. The number of benzene rings is 2. The Hall–Kier alpha value is -2.27. The molecule has 0 heterocycles. The summed E-state index contributed by atoms with van der Waals surface area (Å²) in [5, 5.41) is 2.82. The third-order valence-corrected chi connectivity index (χ3v) is 3.36. The molecule has 0 aliphatic rings. The van der Waals surface area contributed by atoms with E-state index in [1.165, 1.54) is 12.1 Å². The van der Waals surface area contributed by atoms with Crippen molar-refractivity contribution in [2.45, 2.75) is 13.0 Å². The number of rotatable bonds is 4. The highest BCUT2D eigenvalue weighted by molar-refractivity contribution is 7.80. The Labute approximate surface area is 128 Å². The molecule has 1 amide bonds. The molecule has 0 aliphatic heterocycles. The Balaban J connectivity index is 2.08. The van der Waals surface area contributed by atoms with Crippen molar-refractivity contribution < 1.29 is 9.18 Å². The first-order valence-corrected chi connectivity index (χ1v) is 6.84. The average Bonchev–Trinajstić information content (AvgIpc) is 2.47. The molecule has 2 aromatic rings. The van der Waals surface area contributed by atoms with E-state index >= 15 is 0 Å². The third kappa shape index (κ3) is 3.86. The van der Waals surface area contributed by atoms with Crippen LogP contribution in [0.25, 0.3) is 0 Å². The highest BCUT2D eigenvalue weighted by Gasteiger charge is 2.12. The molecule has 0 radical (unpaired) electrons. The molecule has 3 nitrogen and oxygen atoms in total. The second-order valence-corrected chi connectivity index (χ2v) is 5.13. The van der Waals surface area contributed by atoms with Gasteiger partial charge < -0.3 is 11.1 Å². The molecule has 0 saturated carbocycles. The van der Waals surface area contributed by atoms with E-state index < -0.39 is 0 Å². The number of hydrogen-bond acceptors (Lipinski definition) is 2. The molecule has 3 N–H and O–H groups in total. The summed E-state index contributed by atoms with van der Waals surface area (Å²) in [6, 6.07) is 12.6. The van der Waals surface area contributed by atoms with Gasteiger partial charge in [-0.25, -0.2) is 4.39 Å². The predicted molar refractivity (Wildman–Crippen MR) is 84.6 cm³/mol. The molecule has 2 rings (SSSR count). The van der Waals surface area contributed by atoms with Crippen molar-refractivity contribution in [3.63, 3.8) is 0 Å². The maximum Gasteiger partial charge on any atom is 0.251 e. The van der Waals surface area contributed by atoms with Gasteiger partial charge in [0.05, 0.1) is 6.04 Å². The number of carbonyl (C=O) groups excluding carboxylic acids is 1. The number of hydrogen-bond donors (Lipinski definition) is 2. The Kier molecular flexibility index (Phi) is 4.65. The van der Waals surface area contributed by atoms with E-state index in [0.29, 0.717) is 16.7 Å². The average molecular weight is 302 g/mol. The van der Waals surface area contributed by atoms with Crippen molar-refractivity contribution in [1.29, 1.82) is 0 Å². The quantitative estimate of drug-likeness (QED) is 0.854. The summed E-state index contributed by atoms with van der Waals surface area (Å²) in [6.45, 7) is 1.80. The molecule has 0 spiro atoms. The summed E-state index contributed by atoms with van der Waals surface area (Å²) in [4.78, 5) is 12.4. The summed E-state index contributed by atoms with van der Waals surface area (Å²) in [5.41, 5.74) is 7.42. The number of carbonyl (C=O) groups is 1. The number of amides is 1. The van der Waals surface area contributed by atoms with Gasteiger partial charge in [-0.15, -0.1) is 0 Å². The Morgan fingerprint density at radius 1 is 1.19 bits per heavy atom. The van der Waals surface area contributed by atoms with E-state index in [-0.39, 0.29) is 22.8 Å². The fraction of sp³-hybridized carbons (Fsp3) is 0.125. The molecule has 21 heavy (non-hydrogen) atoms. The molecule has 1 unspecified atom stereocenters. The number of thiocarbonyl (C=S) groups is 1. The van der Waals surface area contributed by atoms with E-state index in [2.05, 4.69) is 5.32 Å². The van der Waals surface area contributed by atoms with E-state index in [1.54, 1.807) is 43.3 Å². The van der Waals surface area contributed by atoms with Crippen molar-refractivity contribution in [3.8, 4) is 0 Å². The first-order valence-electron chi connectivity index (χ1n) is 6.43. The smallest absolute Gasteiger partial charge is 0.251 e. The second-order valence-electron chi connectivity index (χ2n) is 4.69. The van der Waals surface area contributed by atoms with Crippen molar-refractivity contribution in [1.82, 2.24) is 5.32 Å². The van der Waals surface area contributed by atoms with Gasteiger partial charge in [0.1, 0.15) is 10.8 Å². The molecule has 5 heteroatoms. The van der Waals surface area contributed by atoms with Crippen LogP contribution >= 0.6 is 12.2 Å². The maximum atomic E-state index is 13.2. The predicted octanol–water partition coefficient (Wildman–Crippen LogP) is 2.95. The van der Waals surface area contributed by atoms with Gasteiger partial charge in [0.2, 0.25) is 0 Å². The van der Waals surface area contributed by atoms with Crippen molar-refractivity contribution in [2.75, 3.05) is 0 Å². The second kappa shape index (κ2) is 6.45.